The first-order valence-corrected chi connectivity index (χ1v) is 11.2. The number of hydrogen-bond donors (Lipinski definition) is 1. The number of rotatable bonds is 10. The van der Waals surface area contributed by atoms with Gasteiger partial charge in [0.2, 0.25) is 5.91 Å². The van der Waals surface area contributed by atoms with Gasteiger partial charge in [0.05, 0.1) is 18.8 Å². The third-order valence-corrected chi connectivity index (χ3v) is 6.05. The van der Waals surface area contributed by atoms with Crippen LogP contribution in [0, 0.1) is 5.82 Å². The Kier molecular flexibility index (Phi) is 9.90. The van der Waals surface area contributed by atoms with Crippen molar-refractivity contribution in [1.82, 2.24) is 10.2 Å². The van der Waals surface area contributed by atoms with E-state index in [9.17, 15) is 9.18 Å². The molecule has 4 nitrogen and oxygen atoms in total. The topological polar surface area (TPSA) is 41.6 Å². The standard InChI is InChI=1S/C20H30ClFN2O2S/c1-3-4-11-27-12-8-19(25)23-13-18(24-9-10-26-15(2)14-24)20-16(21)6-5-7-17(20)22/h5-7,15,18H,3-4,8-14H2,1-2H3,(H,23,25). The summed E-state index contributed by atoms with van der Waals surface area (Å²) in [5.41, 5.74) is 0.450. The third kappa shape index (κ3) is 7.26. The molecule has 1 aromatic rings. The van der Waals surface area contributed by atoms with Crippen LogP contribution in [0.25, 0.3) is 0 Å². The zero-order valence-electron chi connectivity index (χ0n) is 16.2. The van der Waals surface area contributed by atoms with Crippen LogP contribution in [0.5, 0.6) is 0 Å². The summed E-state index contributed by atoms with van der Waals surface area (Å²) in [4.78, 5) is 14.4. The van der Waals surface area contributed by atoms with Crippen LogP contribution in [0.3, 0.4) is 0 Å². The number of nitrogens with zero attached hydrogens (tertiary/aromatic N) is 1. The van der Waals surface area contributed by atoms with Gasteiger partial charge in [-0.15, -0.1) is 0 Å². The van der Waals surface area contributed by atoms with Crippen molar-refractivity contribution in [3.05, 3.63) is 34.6 Å². The number of carbonyl (C=O) groups excluding carboxylic acids is 1. The molecule has 7 heteroatoms. The lowest BCUT2D eigenvalue weighted by Crippen LogP contribution is -2.47. The first-order valence-electron chi connectivity index (χ1n) is 9.67. The van der Waals surface area contributed by atoms with Crippen molar-refractivity contribution < 1.29 is 13.9 Å². The molecule has 2 atom stereocenters. The molecular formula is C20H30ClFN2O2S. The number of halogens is 2. The number of thioether (sulfide) groups is 1. The highest BCUT2D eigenvalue weighted by Gasteiger charge is 2.29. The Hall–Kier alpha value is -0.820. The molecule has 0 radical (unpaired) electrons. The van der Waals surface area contributed by atoms with Gasteiger partial charge in [0.25, 0.3) is 0 Å². The van der Waals surface area contributed by atoms with Crippen LogP contribution >= 0.6 is 23.4 Å². The Morgan fingerprint density at radius 1 is 1.48 bits per heavy atom. The number of carbonyl (C=O) groups is 1. The molecule has 1 heterocycles. The maximum absolute atomic E-state index is 14.5. The second kappa shape index (κ2) is 11.9. The van der Waals surface area contributed by atoms with E-state index in [0.717, 1.165) is 11.5 Å². The number of nitrogens with one attached hydrogen (secondary N) is 1. The number of benzene rings is 1. The van der Waals surface area contributed by atoms with Gasteiger partial charge < -0.3 is 10.1 Å². The van der Waals surface area contributed by atoms with E-state index in [2.05, 4.69) is 17.1 Å². The summed E-state index contributed by atoms with van der Waals surface area (Å²) in [7, 11) is 0. The van der Waals surface area contributed by atoms with E-state index in [-0.39, 0.29) is 23.9 Å². The highest BCUT2D eigenvalue weighted by molar-refractivity contribution is 7.99. The molecule has 0 bridgehead atoms. The second-order valence-corrected chi connectivity index (χ2v) is 8.48. The Morgan fingerprint density at radius 3 is 3.00 bits per heavy atom. The van der Waals surface area contributed by atoms with Gasteiger partial charge in [0.1, 0.15) is 5.82 Å². The van der Waals surface area contributed by atoms with Gasteiger partial charge in [0, 0.05) is 42.4 Å². The Balaban J connectivity index is 1.99. The molecular weight excluding hydrogens is 387 g/mol. The highest BCUT2D eigenvalue weighted by Crippen LogP contribution is 2.31. The van der Waals surface area contributed by atoms with E-state index >= 15 is 0 Å². The fourth-order valence-corrected chi connectivity index (χ4v) is 4.50. The Bertz CT molecular complexity index is 585. The average molecular weight is 417 g/mol. The quantitative estimate of drug-likeness (QED) is 0.578. The lowest BCUT2D eigenvalue weighted by atomic mass is 10.0. The van der Waals surface area contributed by atoms with Crippen LogP contribution in [0.1, 0.15) is 44.7 Å². The van der Waals surface area contributed by atoms with Crippen molar-refractivity contribution in [1.29, 1.82) is 0 Å². The SMILES string of the molecule is CCCCSCCC(=O)NCC(c1c(F)cccc1Cl)N1CCOC(C)C1. The highest BCUT2D eigenvalue weighted by atomic mass is 35.5. The summed E-state index contributed by atoms with van der Waals surface area (Å²) in [6.45, 7) is 6.45. The summed E-state index contributed by atoms with van der Waals surface area (Å²) in [5.74, 6) is 1.56. The van der Waals surface area contributed by atoms with Crippen LogP contribution in [-0.2, 0) is 9.53 Å². The molecule has 1 aliphatic heterocycles. The van der Waals surface area contributed by atoms with Crippen molar-refractivity contribution in [3.63, 3.8) is 0 Å². The van der Waals surface area contributed by atoms with E-state index in [1.165, 1.54) is 18.9 Å². The van der Waals surface area contributed by atoms with Crippen molar-refractivity contribution in [2.45, 2.75) is 45.3 Å². The molecule has 2 unspecified atom stereocenters. The molecule has 0 spiro atoms. The van der Waals surface area contributed by atoms with Gasteiger partial charge in [-0.3, -0.25) is 9.69 Å². The Morgan fingerprint density at radius 2 is 2.30 bits per heavy atom. The zero-order valence-corrected chi connectivity index (χ0v) is 17.8. The minimum Gasteiger partial charge on any atom is -0.376 e. The predicted octanol–water partition coefficient (Wildman–Crippen LogP) is 4.28. The van der Waals surface area contributed by atoms with Gasteiger partial charge in [-0.05, 0) is 31.2 Å². The number of unbranched alkanes of at least 4 members (excludes halogenated alkanes) is 1. The molecule has 0 saturated carbocycles. The lowest BCUT2D eigenvalue weighted by molar-refractivity contribution is -0.121. The fourth-order valence-electron chi connectivity index (χ4n) is 3.18. The van der Waals surface area contributed by atoms with E-state index in [1.807, 2.05) is 6.92 Å². The van der Waals surface area contributed by atoms with Gasteiger partial charge >= 0.3 is 0 Å². The molecule has 27 heavy (non-hydrogen) atoms. The van der Waals surface area contributed by atoms with Crippen LogP contribution in [-0.4, -0.2) is 54.7 Å². The van der Waals surface area contributed by atoms with Crippen LogP contribution < -0.4 is 5.32 Å². The predicted molar refractivity (Wildman–Crippen MR) is 111 cm³/mol. The molecule has 0 aromatic heterocycles. The lowest BCUT2D eigenvalue weighted by Gasteiger charge is -2.38. The Labute approximate surface area is 171 Å². The summed E-state index contributed by atoms with van der Waals surface area (Å²) in [5, 5.41) is 3.37. The van der Waals surface area contributed by atoms with Gasteiger partial charge in [-0.1, -0.05) is 31.0 Å². The van der Waals surface area contributed by atoms with Gasteiger partial charge in [-0.25, -0.2) is 4.39 Å². The maximum atomic E-state index is 14.5. The molecule has 1 N–H and O–H groups in total. The third-order valence-electron chi connectivity index (χ3n) is 4.65. The summed E-state index contributed by atoms with van der Waals surface area (Å²) >= 11 is 8.11. The normalized spacial score (nSPS) is 19.0. The van der Waals surface area contributed by atoms with Crippen molar-refractivity contribution >= 4 is 29.3 Å². The monoisotopic (exact) mass is 416 g/mol. The van der Waals surface area contributed by atoms with E-state index in [4.69, 9.17) is 16.3 Å². The molecule has 1 saturated heterocycles. The van der Waals surface area contributed by atoms with Crippen molar-refractivity contribution in [2.75, 3.05) is 37.7 Å². The first kappa shape index (κ1) is 22.5. The van der Waals surface area contributed by atoms with Crippen molar-refractivity contribution in [2.24, 2.45) is 0 Å². The number of amides is 1. The molecule has 1 amide bonds. The van der Waals surface area contributed by atoms with Gasteiger partial charge in [-0.2, -0.15) is 11.8 Å². The molecule has 152 valence electrons. The largest absolute Gasteiger partial charge is 0.376 e. The minimum atomic E-state index is -0.337. The smallest absolute Gasteiger partial charge is 0.220 e. The summed E-state index contributed by atoms with van der Waals surface area (Å²) < 4.78 is 20.1. The maximum Gasteiger partial charge on any atom is 0.220 e. The summed E-state index contributed by atoms with van der Waals surface area (Å²) in [6.07, 6.45) is 2.89. The second-order valence-electron chi connectivity index (χ2n) is 6.85. The number of ether oxygens (including phenoxy) is 1. The van der Waals surface area contributed by atoms with Gasteiger partial charge in [0.15, 0.2) is 0 Å². The molecule has 2 rings (SSSR count). The fraction of sp³-hybridized carbons (Fsp3) is 0.650. The molecule has 1 aliphatic rings. The summed E-state index contributed by atoms with van der Waals surface area (Å²) in [6, 6.07) is 4.42. The van der Waals surface area contributed by atoms with E-state index in [0.29, 0.717) is 43.2 Å². The zero-order chi connectivity index (χ0) is 19.6. The molecule has 1 aromatic carbocycles. The average Bonchev–Trinajstić information content (AvgIpc) is 2.64. The van der Waals surface area contributed by atoms with Crippen molar-refractivity contribution in [3.8, 4) is 0 Å². The molecule has 0 aliphatic carbocycles. The molecule has 1 fully saturated rings. The minimum absolute atomic E-state index is 0.00207. The van der Waals surface area contributed by atoms with E-state index in [1.54, 1.807) is 23.9 Å². The number of morpholine rings is 1. The van der Waals surface area contributed by atoms with Crippen LogP contribution in [0.4, 0.5) is 4.39 Å². The van der Waals surface area contributed by atoms with Crippen LogP contribution in [0.15, 0.2) is 18.2 Å². The first-order chi connectivity index (χ1) is 13.0. The van der Waals surface area contributed by atoms with Crippen LogP contribution in [0.2, 0.25) is 5.02 Å². The number of hydrogen-bond acceptors (Lipinski definition) is 4. The van der Waals surface area contributed by atoms with E-state index < -0.39 is 0 Å².